The molecule has 1 aromatic carbocycles. The van der Waals surface area contributed by atoms with Gasteiger partial charge in [-0.15, -0.1) is 0 Å². The molecule has 0 aromatic heterocycles. The van der Waals surface area contributed by atoms with Crippen molar-refractivity contribution in [1.29, 1.82) is 0 Å². The number of likely N-dealkylation sites (tertiary alicyclic amines) is 1. The number of hydrogen-bond acceptors (Lipinski definition) is 5. The van der Waals surface area contributed by atoms with Gasteiger partial charge >= 0.3 is 0 Å². The summed E-state index contributed by atoms with van der Waals surface area (Å²) in [5.41, 5.74) is 1.42. The predicted octanol–water partition coefficient (Wildman–Crippen LogP) is 0.689. The number of aromatic hydroxyl groups is 1. The van der Waals surface area contributed by atoms with E-state index in [1.807, 2.05) is 13.1 Å². The van der Waals surface area contributed by atoms with E-state index in [2.05, 4.69) is 4.90 Å². The van der Waals surface area contributed by atoms with Crippen LogP contribution in [0.3, 0.4) is 0 Å². The van der Waals surface area contributed by atoms with Crippen molar-refractivity contribution >= 4 is 0 Å². The first-order valence-corrected chi connectivity index (χ1v) is 7.83. The van der Waals surface area contributed by atoms with E-state index < -0.39 is 12.2 Å². The second-order valence-electron chi connectivity index (χ2n) is 7.02. The highest BCUT2D eigenvalue weighted by Gasteiger charge is 2.66. The van der Waals surface area contributed by atoms with Crippen LogP contribution in [-0.4, -0.2) is 52.1 Å². The van der Waals surface area contributed by atoms with Crippen LogP contribution in [0.1, 0.15) is 23.7 Å². The molecule has 1 saturated heterocycles. The quantitative estimate of drug-likeness (QED) is 0.615. The van der Waals surface area contributed by atoms with Crippen molar-refractivity contribution in [1.82, 2.24) is 4.90 Å². The molecular formula is C17H19NO4. The molecule has 5 unspecified atom stereocenters. The summed E-state index contributed by atoms with van der Waals surface area (Å²) in [6.07, 6.45) is 2.99. The van der Waals surface area contributed by atoms with Gasteiger partial charge in [-0.2, -0.15) is 0 Å². The average Bonchev–Trinajstić information content (AvgIpc) is 2.85. The zero-order valence-electron chi connectivity index (χ0n) is 12.3. The summed E-state index contributed by atoms with van der Waals surface area (Å²) in [4.78, 5) is 2.20. The smallest absolute Gasteiger partial charge is 0.165 e. The lowest BCUT2D eigenvalue weighted by Gasteiger charge is -2.57. The summed E-state index contributed by atoms with van der Waals surface area (Å²) in [7, 11) is 2.04. The number of phenols is 1. The molecule has 0 amide bonds. The summed E-state index contributed by atoms with van der Waals surface area (Å²) in [6.45, 7) is 0.840. The van der Waals surface area contributed by atoms with E-state index in [1.165, 1.54) is 0 Å². The summed E-state index contributed by atoms with van der Waals surface area (Å²) >= 11 is 0. The molecular weight excluding hydrogens is 282 g/mol. The zero-order valence-corrected chi connectivity index (χ0v) is 12.3. The Hall–Kier alpha value is -1.56. The van der Waals surface area contributed by atoms with Crippen LogP contribution >= 0.6 is 0 Å². The van der Waals surface area contributed by atoms with Gasteiger partial charge in [0.2, 0.25) is 0 Å². The highest BCUT2D eigenvalue weighted by atomic mass is 16.5. The molecule has 2 aliphatic heterocycles. The number of ether oxygens (including phenoxy) is 1. The maximum Gasteiger partial charge on any atom is 0.165 e. The minimum absolute atomic E-state index is 0.0217. The van der Waals surface area contributed by atoms with Crippen molar-refractivity contribution < 1.29 is 20.1 Å². The Morgan fingerprint density at radius 2 is 2.09 bits per heavy atom. The Morgan fingerprint density at radius 3 is 2.91 bits per heavy atom. The van der Waals surface area contributed by atoms with Crippen LogP contribution in [0, 0.1) is 5.92 Å². The van der Waals surface area contributed by atoms with Crippen molar-refractivity contribution in [2.75, 3.05) is 13.6 Å². The molecule has 1 aromatic rings. The number of likely N-dealkylation sites (N-methyl/N-ethyl adjacent to an activating group) is 1. The highest BCUT2D eigenvalue weighted by Crippen LogP contribution is 2.64. The van der Waals surface area contributed by atoms with E-state index in [0.717, 1.165) is 24.1 Å². The van der Waals surface area contributed by atoms with Crippen LogP contribution in [0.5, 0.6) is 11.5 Å². The predicted molar refractivity (Wildman–Crippen MR) is 78.8 cm³/mol. The van der Waals surface area contributed by atoms with Crippen LogP contribution in [0.25, 0.3) is 0 Å². The SMILES string of the molecule is CN1CC[C@]23c4c5ccc(O)c4OC2C(O)C=CC3C1C5O. The lowest BCUT2D eigenvalue weighted by Crippen LogP contribution is -2.65. The number of aliphatic hydroxyl groups is 2. The molecule has 116 valence electrons. The minimum atomic E-state index is -0.685. The molecule has 1 spiro atoms. The van der Waals surface area contributed by atoms with Gasteiger partial charge in [0.1, 0.15) is 12.2 Å². The van der Waals surface area contributed by atoms with Crippen LogP contribution < -0.4 is 4.74 Å². The Morgan fingerprint density at radius 1 is 1.27 bits per heavy atom. The zero-order chi connectivity index (χ0) is 15.2. The van der Waals surface area contributed by atoms with Crippen molar-refractivity contribution in [3.63, 3.8) is 0 Å². The van der Waals surface area contributed by atoms with Gasteiger partial charge in [0.25, 0.3) is 0 Å². The maximum atomic E-state index is 10.9. The largest absolute Gasteiger partial charge is 0.504 e. The van der Waals surface area contributed by atoms with Gasteiger partial charge in [0, 0.05) is 22.9 Å². The molecule has 2 aliphatic carbocycles. The molecule has 4 aliphatic rings. The molecule has 5 heteroatoms. The van der Waals surface area contributed by atoms with E-state index >= 15 is 0 Å². The third kappa shape index (κ3) is 1.20. The van der Waals surface area contributed by atoms with Gasteiger partial charge < -0.3 is 20.1 Å². The van der Waals surface area contributed by atoms with Crippen LogP contribution in [0.15, 0.2) is 24.3 Å². The molecule has 3 N–H and O–H groups in total. The molecule has 22 heavy (non-hydrogen) atoms. The fraction of sp³-hybridized carbons (Fsp3) is 0.529. The monoisotopic (exact) mass is 301 g/mol. The van der Waals surface area contributed by atoms with Crippen molar-refractivity contribution in [2.45, 2.75) is 36.2 Å². The normalized spacial score (nSPS) is 44.6. The molecule has 2 bridgehead atoms. The first-order valence-electron chi connectivity index (χ1n) is 7.83. The number of piperidine rings is 1. The number of nitrogens with zero attached hydrogens (tertiary/aromatic N) is 1. The number of rotatable bonds is 0. The Balaban J connectivity index is 1.87. The lowest BCUT2D eigenvalue weighted by atomic mass is 9.52. The first kappa shape index (κ1) is 12.9. The molecule has 6 atom stereocenters. The fourth-order valence-corrected chi connectivity index (χ4v) is 5.30. The summed E-state index contributed by atoms with van der Waals surface area (Å²) in [5.74, 6) is 0.639. The number of aliphatic hydroxyl groups excluding tert-OH is 2. The maximum absolute atomic E-state index is 10.9. The Kier molecular flexibility index (Phi) is 2.26. The van der Waals surface area contributed by atoms with Gasteiger partial charge in [-0.3, -0.25) is 4.90 Å². The highest BCUT2D eigenvalue weighted by molar-refractivity contribution is 5.62. The molecule has 0 saturated carbocycles. The van der Waals surface area contributed by atoms with Gasteiger partial charge in [-0.1, -0.05) is 18.2 Å². The standard InChI is InChI=1S/C17H19NO4/c1-18-7-6-17-9-3-5-11(20)16(17)22-15-10(19)4-2-8(12(15)17)14(21)13(9)18/h2-5,9,11,13-14,16,19-21H,6-7H2,1H3/t9?,11?,13?,14?,16?,17-/m0/s1. The molecule has 0 radical (unpaired) electrons. The second-order valence-corrected chi connectivity index (χ2v) is 7.02. The van der Waals surface area contributed by atoms with E-state index in [0.29, 0.717) is 5.75 Å². The fourth-order valence-electron chi connectivity index (χ4n) is 5.30. The Labute approximate surface area is 128 Å². The van der Waals surface area contributed by atoms with Crippen LogP contribution in [0.4, 0.5) is 0 Å². The second kappa shape index (κ2) is 3.85. The minimum Gasteiger partial charge on any atom is -0.504 e. The van der Waals surface area contributed by atoms with Crippen molar-refractivity contribution in [3.8, 4) is 11.5 Å². The molecule has 5 rings (SSSR count). The number of hydrogen-bond donors (Lipinski definition) is 3. The summed E-state index contributed by atoms with van der Waals surface area (Å²) < 4.78 is 6.02. The van der Waals surface area contributed by atoms with E-state index in [4.69, 9.17) is 4.74 Å². The van der Waals surface area contributed by atoms with Gasteiger partial charge in [-0.25, -0.2) is 0 Å². The van der Waals surface area contributed by atoms with E-state index in [9.17, 15) is 15.3 Å². The third-order valence-electron chi connectivity index (χ3n) is 6.20. The Bertz CT molecular complexity index is 702. The van der Waals surface area contributed by atoms with Gasteiger partial charge in [-0.05, 0) is 31.6 Å². The number of phenolic OH excluding ortho intramolecular Hbond substituents is 1. The van der Waals surface area contributed by atoms with Gasteiger partial charge in [0.05, 0.1) is 6.10 Å². The summed E-state index contributed by atoms with van der Waals surface area (Å²) in [5, 5.41) is 31.6. The van der Waals surface area contributed by atoms with Crippen molar-refractivity contribution in [2.24, 2.45) is 5.92 Å². The molecule has 2 heterocycles. The van der Waals surface area contributed by atoms with E-state index in [-0.39, 0.29) is 29.2 Å². The van der Waals surface area contributed by atoms with E-state index in [1.54, 1.807) is 18.2 Å². The van der Waals surface area contributed by atoms with Crippen LogP contribution in [0.2, 0.25) is 0 Å². The van der Waals surface area contributed by atoms with Gasteiger partial charge in [0.15, 0.2) is 11.5 Å². The third-order valence-corrected chi connectivity index (χ3v) is 6.20. The first-order chi connectivity index (χ1) is 10.6. The molecule has 5 nitrogen and oxygen atoms in total. The topological polar surface area (TPSA) is 73.2 Å². The number of benzene rings is 1. The average molecular weight is 301 g/mol. The van der Waals surface area contributed by atoms with Crippen LogP contribution in [-0.2, 0) is 5.41 Å². The van der Waals surface area contributed by atoms with Crippen molar-refractivity contribution in [3.05, 3.63) is 35.4 Å². The molecule has 1 fully saturated rings. The lowest BCUT2D eigenvalue weighted by molar-refractivity contribution is -0.0823. The summed E-state index contributed by atoms with van der Waals surface area (Å²) in [6, 6.07) is 3.37.